The van der Waals surface area contributed by atoms with Gasteiger partial charge in [0.25, 0.3) is 0 Å². The number of rotatable bonds is 5. The standard InChI is InChI=1S/C20H37N3O3/c1-5-23(16(3)4)19(24)17-9-13-21(14-10-17)18-8-7-12-22(15-11-18)20(25)26-6-2/h16-18H,5-15H2,1-4H3. The second-order valence-electron chi connectivity index (χ2n) is 7.80. The van der Waals surface area contributed by atoms with Crippen molar-refractivity contribution in [3.05, 3.63) is 0 Å². The first-order chi connectivity index (χ1) is 12.5. The lowest BCUT2D eigenvalue weighted by atomic mass is 9.92. The number of likely N-dealkylation sites (tertiary alicyclic amines) is 2. The maximum atomic E-state index is 12.7. The largest absolute Gasteiger partial charge is 0.450 e. The predicted octanol–water partition coefficient (Wildman–Crippen LogP) is 2.97. The molecule has 1 atom stereocenters. The number of carbonyl (C=O) groups excluding carboxylic acids is 2. The summed E-state index contributed by atoms with van der Waals surface area (Å²) in [6.07, 6.45) is 4.90. The van der Waals surface area contributed by atoms with Crippen LogP contribution in [0.1, 0.15) is 59.8 Å². The quantitative estimate of drug-likeness (QED) is 0.750. The Morgan fingerprint density at radius 3 is 2.31 bits per heavy atom. The van der Waals surface area contributed by atoms with Crippen LogP contribution in [0.2, 0.25) is 0 Å². The summed E-state index contributed by atoms with van der Waals surface area (Å²) in [5.74, 6) is 0.506. The molecule has 0 bridgehead atoms. The minimum absolute atomic E-state index is 0.175. The van der Waals surface area contributed by atoms with E-state index >= 15 is 0 Å². The van der Waals surface area contributed by atoms with Crippen molar-refractivity contribution in [3.8, 4) is 0 Å². The Bertz CT molecular complexity index is 461. The fourth-order valence-corrected chi connectivity index (χ4v) is 4.36. The van der Waals surface area contributed by atoms with E-state index in [1.807, 2.05) is 16.7 Å². The molecule has 0 aliphatic carbocycles. The third kappa shape index (κ3) is 5.35. The topological polar surface area (TPSA) is 53.1 Å². The van der Waals surface area contributed by atoms with Crippen LogP contribution in [0.3, 0.4) is 0 Å². The molecule has 0 aromatic heterocycles. The fourth-order valence-electron chi connectivity index (χ4n) is 4.36. The van der Waals surface area contributed by atoms with Gasteiger partial charge in [-0.25, -0.2) is 4.79 Å². The van der Waals surface area contributed by atoms with Gasteiger partial charge in [-0.1, -0.05) is 0 Å². The molecular weight excluding hydrogens is 330 g/mol. The smallest absolute Gasteiger partial charge is 0.409 e. The molecule has 26 heavy (non-hydrogen) atoms. The lowest BCUT2D eigenvalue weighted by Crippen LogP contribution is -2.47. The van der Waals surface area contributed by atoms with Gasteiger partial charge >= 0.3 is 6.09 Å². The Morgan fingerprint density at radius 1 is 1.04 bits per heavy atom. The van der Waals surface area contributed by atoms with E-state index < -0.39 is 0 Å². The average Bonchev–Trinajstić information content (AvgIpc) is 2.88. The van der Waals surface area contributed by atoms with Crippen LogP contribution < -0.4 is 0 Å². The molecule has 150 valence electrons. The fraction of sp³-hybridized carbons (Fsp3) is 0.900. The first-order valence-electron chi connectivity index (χ1n) is 10.4. The predicted molar refractivity (Wildman–Crippen MR) is 103 cm³/mol. The van der Waals surface area contributed by atoms with E-state index in [9.17, 15) is 9.59 Å². The third-order valence-electron chi connectivity index (χ3n) is 5.87. The molecule has 0 saturated carbocycles. The van der Waals surface area contributed by atoms with Crippen molar-refractivity contribution in [1.29, 1.82) is 0 Å². The summed E-state index contributed by atoms with van der Waals surface area (Å²) >= 11 is 0. The minimum atomic E-state index is -0.175. The van der Waals surface area contributed by atoms with Gasteiger partial charge in [0.05, 0.1) is 6.61 Å². The zero-order valence-electron chi connectivity index (χ0n) is 17.1. The van der Waals surface area contributed by atoms with Crippen LogP contribution in [-0.2, 0) is 9.53 Å². The van der Waals surface area contributed by atoms with Crippen molar-refractivity contribution >= 4 is 12.0 Å². The normalized spacial score (nSPS) is 23.0. The molecule has 1 unspecified atom stereocenters. The summed E-state index contributed by atoms with van der Waals surface area (Å²) in [4.78, 5) is 31.1. The van der Waals surface area contributed by atoms with Crippen molar-refractivity contribution in [2.75, 3.05) is 39.3 Å². The summed E-state index contributed by atoms with van der Waals surface area (Å²) < 4.78 is 5.14. The molecule has 0 aromatic carbocycles. The third-order valence-corrected chi connectivity index (χ3v) is 5.87. The van der Waals surface area contributed by atoms with E-state index in [0.29, 0.717) is 18.6 Å². The van der Waals surface area contributed by atoms with Crippen LogP contribution in [-0.4, -0.2) is 78.1 Å². The van der Waals surface area contributed by atoms with Gasteiger partial charge in [-0.2, -0.15) is 0 Å². The number of carbonyl (C=O) groups is 2. The monoisotopic (exact) mass is 367 g/mol. The summed E-state index contributed by atoms with van der Waals surface area (Å²) in [5, 5.41) is 0. The highest BCUT2D eigenvalue weighted by Gasteiger charge is 2.32. The molecule has 0 N–H and O–H groups in total. The van der Waals surface area contributed by atoms with Gasteiger partial charge in [0.15, 0.2) is 0 Å². The van der Waals surface area contributed by atoms with Crippen molar-refractivity contribution in [1.82, 2.24) is 14.7 Å². The Kier molecular flexibility index (Phi) is 8.19. The molecule has 2 aliphatic rings. The molecule has 6 nitrogen and oxygen atoms in total. The number of nitrogens with zero attached hydrogens (tertiary/aromatic N) is 3. The van der Waals surface area contributed by atoms with E-state index in [0.717, 1.165) is 64.8 Å². The van der Waals surface area contributed by atoms with Crippen LogP contribution in [0.5, 0.6) is 0 Å². The second kappa shape index (κ2) is 10.1. The van der Waals surface area contributed by atoms with E-state index in [4.69, 9.17) is 4.74 Å². The molecule has 2 amide bonds. The van der Waals surface area contributed by atoms with E-state index in [1.165, 1.54) is 0 Å². The lowest BCUT2D eigenvalue weighted by Gasteiger charge is -2.39. The SMILES string of the molecule is CCOC(=O)N1CCCC(N2CCC(C(=O)N(CC)C(C)C)CC2)CC1. The zero-order chi connectivity index (χ0) is 19.1. The highest BCUT2D eigenvalue weighted by Crippen LogP contribution is 2.26. The van der Waals surface area contributed by atoms with Gasteiger partial charge in [0, 0.05) is 37.6 Å². The van der Waals surface area contributed by atoms with Crippen LogP contribution in [0.25, 0.3) is 0 Å². The van der Waals surface area contributed by atoms with E-state index in [-0.39, 0.29) is 18.1 Å². The Labute approximate surface area is 158 Å². The molecule has 0 spiro atoms. The van der Waals surface area contributed by atoms with Crippen molar-refractivity contribution in [2.45, 2.75) is 71.9 Å². The molecule has 2 saturated heterocycles. The van der Waals surface area contributed by atoms with Crippen molar-refractivity contribution in [3.63, 3.8) is 0 Å². The van der Waals surface area contributed by atoms with Gasteiger partial charge in [0.1, 0.15) is 0 Å². The van der Waals surface area contributed by atoms with E-state index in [1.54, 1.807) is 0 Å². The maximum absolute atomic E-state index is 12.7. The Morgan fingerprint density at radius 2 is 1.73 bits per heavy atom. The van der Waals surface area contributed by atoms with Gasteiger partial charge in [-0.05, 0) is 72.9 Å². The number of piperidine rings is 1. The average molecular weight is 368 g/mol. The van der Waals surface area contributed by atoms with Gasteiger partial charge in [0.2, 0.25) is 5.91 Å². The summed E-state index contributed by atoms with van der Waals surface area (Å²) in [6, 6.07) is 0.805. The van der Waals surface area contributed by atoms with Crippen molar-refractivity contribution < 1.29 is 14.3 Å². The summed E-state index contributed by atoms with van der Waals surface area (Å²) in [5.41, 5.74) is 0. The number of amides is 2. The summed E-state index contributed by atoms with van der Waals surface area (Å²) in [7, 11) is 0. The number of hydrogen-bond acceptors (Lipinski definition) is 4. The summed E-state index contributed by atoms with van der Waals surface area (Å²) in [6.45, 7) is 12.9. The highest BCUT2D eigenvalue weighted by molar-refractivity contribution is 5.79. The van der Waals surface area contributed by atoms with Gasteiger partial charge in [-0.3, -0.25) is 4.79 Å². The molecule has 0 radical (unpaired) electrons. The van der Waals surface area contributed by atoms with Crippen LogP contribution in [0, 0.1) is 5.92 Å². The first kappa shape index (κ1) is 21.0. The first-order valence-corrected chi connectivity index (χ1v) is 10.4. The molecule has 2 heterocycles. The number of hydrogen-bond donors (Lipinski definition) is 0. The second-order valence-corrected chi connectivity index (χ2v) is 7.80. The molecule has 6 heteroatoms. The van der Waals surface area contributed by atoms with Crippen molar-refractivity contribution in [2.24, 2.45) is 5.92 Å². The maximum Gasteiger partial charge on any atom is 0.409 e. The van der Waals surface area contributed by atoms with Crippen LogP contribution in [0.4, 0.5) is 4.79 Å². The molecule has 2 rings (SSSR count). The van der Waals surface area contributed by atoms with Gasteiger partial charge < -0.3 is 19.4 Å². The van der Waals surface area contributed by atoms with Gasteiger partial charge in [-0.15, -0.1) is 0 Å². The van der Waals surface area contributed by atoms with E-state index in [2.05, 4.69) is 25.7 Å². The molecule has 2 fully saturated rings. The lowest BCUT2D eigenvalue weighted by molar-refractivity contribution is -0.138. The Balaban J connectivity index is 1.82. The highest BCUT2D eigenvalue weighted by atomic mass is 16.6. The molecular formula is C20H37N3O3. The molecule has 0 aromatic rings. The Hall–Kier alpha value is -1.30. The minimum Gasteiger partial charge on any atom is -0.450 e. The van der Waals surface area contributed by atoms with Crippen LogP contribution >= 0.6 is 0 Å². The van der Waals surface area contributed by atoms with Crippen LogP contribution in [0.15, 0.2) is 0 Å². The number of ether oxygens (including phenoxy) is 1. The zero-order valence-corrected chi connectivity index (χ0v) is 17.1. The molecule has 2 aliphatic heterocycles.